The molecule has 1 N–H and O–H groups in total. The summed E-state index contributed by atoms with van der Waals surface area (Å²) in [6.45, 7) is 4.23. The van der Waals surface area contributed by atoms with Crippen LogP contribution in [0, 0.1) is 6.92 Å². The van der Waals surface area contributed by atoms with Crippen molar-refractivity contribution in [1.29, 1.82) is 0 Å². The molecule has 6 heteroatoms. The average molecular weight is 376 g/mol. The molecule has 1 amide bonds. The van der Waals surface area contributed by atoms with Crippen molar-refractivity contribution < 1.29 is 4.79 Å². The van der Waals surface area contributed by atoms with Gasteiger partial charge in [0.15, 0.2) is 0 Å². The summed E-state index contributed by atoms with van der Waals surface area (Å²) >= 11 is 3.76. The zero-order chi connectivity index (χ0) is 17.2. The van der Waals surface area contributed by atoms with E-state index in [2.05, 4.69) is 27.0 Å². The van der Waals surface area contributed by atoms with Gasteiger partial charge in [0.05, 0.1) is 15.2 Å². The fourth-order valence-electron chi connectivity index (χ4n) is 3.91. The molecule has 0 saturated carbocycles. The molecular formula is C19H25N3OS2. The second-order valence-corrected chi connectivity index (χ2v) is 9.50. The number of piperidine rings is 1. The molecule has 2 fully saturated rings. The molecule has 0 atom stereocenters. The Morgan fingerprint density at radius 3 is 2.72 bits per heavy atom. The van der Waals surface area contributed by atoms with Crippen LogP contribution in [0.5, 0.6) is 0 Å². The van der Waals surface area contributed by atoms with Crippen molar-refractivity contribution in [3.63, 3.8) is 0 Å². The number of hydrogen-bond donors (Lipinski definition) is 1. The smallest absolute Gasteiger partial charge is 0.251 e. The van der Waals surface area contributed by atoms with Crippen molar-refractivity contribution in [3.8, 4) is 0 Å². The number of nitrogens with one attached hydrogen (secondary N) is 1. The number of benzene rings is 1. The molecule has 2 aromatic rings. The van der Waals surface area contributed by atoms with Crippen LogP contribution in [-0.2, 0) is 0 Å². The minimum atomic E-state index is 0.0417. The maximum atomic E-state index is 12.6. The fraction of sp³-hybridized carbons (Fsp3) is 0.579. The van der Waals surface area contributed by atoms with Gasteiger partial charge < -0.3 is 10.2 Å². The molecule has 0 unspecified atom stereocenters. The first-order valence-electron chi connectivity index (χ1n) is 9.19. The quantitative estimate of drug-likeness (QED) is 0.889. The molecule has 1 aromatic carbocycles. The lowest BCUT2D eigenvalue weighted by molar-refractivity contribution is 0.0886. The number of thiazole rings is 1. The second kappa shape index (κ2) is 7.64. The van der Waals surface area contributed by atoms with E-state index in [0.717, 1.165) is 52.8 Å². The minimum Gasteiger partial charge on any atom is -0.349 e. The number of aromatic nitrogens is 1. The zero-order valence-corrected chi connectivity index (χ0v) is 16.3. The number of amides is 1. The van der Waals surface area contributed by atoms with Crippen LogP contribution in [0.4, 0.5) is 0 Å². The highest BCUT2D eigenvalue weighted by atomic mass is 32.2. The summed E-state index contributed by atoms with van der Waals surface area (Å²) < 4.78 is 1.15. The van der Waals surface area contributed by atoms with E-state index in [4.69, 9.17) is 0 Å². The zero-order valence-electron chi connectivity index (χ0n) is 14.7. The first-order valence-corrected chi connectivity index (χ1v) is 11.2. The number of aryl methyl sites for hydroxylation is 1. The van der Waals surface area contributed by atoms with Crippen molar-refractivity contribution in [2.75, 3.05) is 24.6 Å². The summed E-state index contributed by atoms with van der Waals surface area (Å²) in [6.07, 6.45) is 4.78. The van der Waals surface area contributed by atoms with Gasteiger partial charge in [-0.25, -0.2) is 4.98 Å². The number of likely N-dealkylation sites (tertiary alicyclic amines) is 1. The Kier molecular flexibility index (Phi) is 5.29. The van der Waals surface area contributed by atoms with Crippen LogP contribution in [-0.4, -0.2) is 52.5 Å². The Bertz CT molecular complexity index is 746. The molecule has 4 nitrogen and oxygen atoms in total. The average Bonchev–Trinajstić information content (AvgIpc) is 3.02. The maximum absolute atomic E-state index is 12.6. The Labute approximate surface area is 157 Å². The van der Waals surface area contributed by atoms with Gasteiger partial charge >= 0.3 is 0 Å². The van der Waals surface area contributed by atoms with Gasteiger partial charge in [0.1, 0.15) is 0 Å². The number of carbonyl (C=O) groups excluding carboxylic acids is 1. The molecule has 3 heterocycles. The molecule has 0 spiro atoms. The van der Waals surface area contributed by atoms with E-state index in [1.165, 1.54) is 24.3 Å². The highest BCUT2D eigenvalue weighted by Crippen LogP contribution is 2.25. The van der Waals surface area contributed by atoms with Crippen LogP contribution in [0.2, 0.25) is 0 Å². The Balaban J connectivity index is 1.33. The summed E-state index contributed by atoms with van der Waals surface area (Å²) in [5.41, 5.74) is 1.66. The lowest BCUT2D eigenvalue weighted by atomic mass is 10.0. The van der Waals surface area contributed by atoms with Crippen LogP contribution in [0.15, 0.2) is 18.2 Å². The molecule has 2 aliphatic rings. The van der Waals surface area contributed by atoms with Crippen molar-refractivity contribution in [2.45, 2.75) is 44.7 Å². The minimum absolute atomic E-state index is 0.0417. The van der Waals surface area contributed by atoms with E-state index in [-0.39, 0.29) is 5.91 Å². The highest BCUT2D eigenvalue weighted by molar-refractivity contribution is 7.99. The molecule has 2 aliphatic heterocycles. The third-order valence-electron chi connectivity index (χ3n) is 5.33. The van der Waals surface area contributed by atoms with Crippen LogP contribution in [0.25, 0.3) is 10.2 Å². The number of rotatable bonds is 3. The molecule has 0 radical (unpaired) electrons. The van der Waals surface area contributed by atoms with Crippen molar-refractivity contribution >= 4 is 39.2 Å². The van der Waals surface area contributed by atoms with E-state index in [0.29, 0.717) is 6.04 Å². The summed E-state index contributed by atoms with van der Waals surface area (Å²) in [4.78, 5) is 19.7. The number of nitrogens with zero attached hydrogens (tertiary/aromatic N) is 2. The molecular weight excluding hydrogens is 350 g/mol. The largest absolute Gasteiger partial charge is 0.349 e. The lowest BCUT2D eigenvalue weighted by Crippen LogP contribution is -2.48. The van der Waals surface area contributed by atoms with E-state index in [9.17, 15) is 4.79 Å². The van der Waals surface area contributed by atoms with Gasteiger partial charge in [-0.05, 0) is 62.3 Å². The Morgan fingerprint density at radius 2 is 1.96 bits per heavy atom. The molecule has 134 valence electrons. The standard InChI is InChI=1S/C19H25N3OS2/c1-13-20-17-12-14(2-3-18(17)25-13)19(23)21-15-4-8-22(9-5-15)16-6-10-24-11-7-16/h2-3,12,15-16H,4-11H2,1H3,(H,21,23). The second-order valence-electron chi connectivity index (χ2n) is 7.04. The normalized spacial score (nSPS) is 20.8. The van der Waals surface area contributed by atoms with Gasteiger partial charge in [-0.15, -0.1) is 11.3 Å². The molecule has 0 bridgehead atoms. The fourth-order valence-corrected chi connectivity index (χ4v) is 5.80. The van der Waals surface area contributed by atoms with Crippen LogP contribution >= 0.6 is 23.1 Å². The SMILES string of the molecule is Cc1nc2cc(C(=O)NC3CCN(C4CCSCC4)CC3)ccc2s1. The summed E-state index contributed by atoms with van der Waals surface area (Å²) in [5.74, 6) is 2.65. The van der Waals surface area contributed by atoms with Gasteiger partial charge in [0.2, 0.25) is 0 Å². The van der Waals surface area contributed by atoms with E-state index >= 15 is 0 Å². The van der Waals surface area contributed by atoms with Gasteiger partial charge in [0.25, 0.3) is 5.91 Å². The Hall–Kier alpha value is -1.11. The van der Waals surface area contributed by atoms with Gasteiger partial charge in [-0.2, -0.15) is 11.8 Å². The molecule has 2 saturated heterocycles. The van der Waals surface area contributed by atoms with E-state index in [1.54, 1.807) is 11.3 Å². The monoisotopic (exact) mass is 375 g/mol. The highest BCUT2D eigenvalue weighted by Gasteiger charge is 2.27. The van der Waals surface area contributed by atoms with E-state index in [1.807, 2.05) is 25.1 Å². The van der Waals surface area contributed by atoms with Crippen LogP contribution < -0.4 is 5.32 Å². The summed E-state index contributed by atoms with van der Waals surface area (Å²) in [6, 6.07) is 6.92. The van der Waals surface area contributed by atoms with Crippen LogP contribution in [0.3, 0.4) is 0 Å². The summed E-state index contributed by atoms with van der Waals surface area (Å²) in [7, 11) is 0. The number of hydrogen-bond acceptors (Lipinski definition) is 5. The molecule has 0 aliphatic carbocycles. The van der Waals surface area contributed by atoms with Crippen molar-refractivity contribution in [3.05, 3.63) is 28.8 Å². The predicted octanol–water partition coefficient (Wildman–Crippen LogP) is 3.69. The van der Waals surface area contributed by atoms with Gasteiger partial charge in [0, 0.05) is 30.7 Å². The molecule has 1 aromatic heterocycles. The Morgan fingerprint density at radius 1 is 1.20 bits per heavy atom. The first-order chi connectivity index (χ1) is 12.2. The first kappa shape index (κ1) is 17.3. The maximum Gasteiger partial charge on any atom is 0.251 e. The third-order valence-corrected chi connectivity index (χ3v) is 7.33. The predicted molar refractivity (Wildman–Crippen MR) is 107 cm³/mol. The van der Waals surface area contributed by atoms with Crippen LogP contribution in [0.1, 0.15) is 41.0 Å². The van der Waals surface area contributed by atoms with Crippen molar-refractivity contribution in [1.82, 2.24) is 15.2 Å². The number of fused-ring (bicyclic) bond motifs is 1. The number of thioether (sulfide) groups is 1. The van der Waals surface area contributed by atoms with Crippen molar-refractivity contribution in [2.24, 2.45) is 0 Å². The van der Waals surface area contributed by atoms with E-state index < -0.39 is 0 Å². The molecule has 4 rings (SSSR count). The third kappa shape index (κ3) is 4.01. The van der Waals surface area contributed by atoms with Gasteiger partial charge in [-0.3, -0.25) is 4.79 Å². The topological polar surface area (TPSA) is 45.2 Å². The van der Waals surface area contributed by atoms with Gasteiger partial charge in [-0.1, -0.05) is 0 Å². The lowest BCUT2D eigenvalue weighted by Gasteiger charge is -2.39. The number of carbonyl (C=O) groups is 1. The molecule has 25 heavy (non-hydrogen) atoms. The summed E-state index contributed by atoms with van der Waals surface area (Å²) in [5, 5.41) is 4.28.